The SMILES string of the molecule is COc1ccc2c(c1)cc(C)c1nnc(SCC(=O)Nc3ccc(S(=O)(=O)N4CCCCCC4)cc3)n12. The highest BCUT2D eigenvalue weighted by Gasteiger charge is 2.25. The molecule has 1 N–H and O–H groups in total. The van der Waals surface area contributed by atoms with Crippen LogP contribution < -0.4 is 10.1 Å². The van der Waals surface area contributed by atoms with Crippen LogP contribution in [0.15, 0.2) is 58.6 Å². The number of hydrogen-bond donors (Lipinski definition) is 1. The summed E-state index contributed by atoms with van der Waals surface area (Å²) in [6.45, 7) is 3.08. The van der Waals surface area contributed by atoms with Crippen molar-refractivity contribution in [2.24, 2.45) is 0 Å². The van der Waals surface area contributed by atoms with Crippen LogP contribution in [-0.2, 0) is 14.8 Å². The molecule has 3 heterocycles. The number of carbonyl (C=O) groups is 1. The Morgan fingerprint density at radius 2 is 1.76 bits per heavy atom. The molecule has 1 aliphatic rings. The van der Waals surface area contributed by atoms with Crippen molar-refractivity contribution in [1.82, 2.24) is 18.9 Å². The topological polar surface area (TPSA) is 106 Å². The molecule has 194 valence electrons. The van der Waals surface area contributed by atoms with E-state index in [0.29, 0.717) is 23.9 Å². The molecule has 1 saturated heterocycles. The van der Waals surface area contributed by atoms with E-state index in [-0.39, 0.29) is 16.6 Å². The van der Waals surface area contributed by atoms with Crippen molar-refractivity contribution in [3.05, 3.63) is 54.1 Å². The highest BCUT2D eigenvalue weighted by atomic mass is 32.2. The molecule has 0 bridgehead atoms. The number of aryl methyl sites for hydroxylation is 1. The molecule has 2 aromatic carbocycles. The molecule has 0 saturated carbocycles. The van der Waals surface area contributed by atoms with Gasteiger partial charge in [-0.05, 0) is 73.9 Å². The lowest BCUT2D eigenvalue weighted by atomic mass is 10.1. The number of pyridine rings is 1. The minimum atomic E-state index is -3.53. The highest BCUT2D eigenvalue weighted by Crippen LogP contribution is 2.28. The molecule has 2 aromatic heterocycles. The summed E-state index contributed by atoms with van der Waals surface area (Å²) >= 11 is 1.29. The largest absolute Gasteiger partial charge is 0.497 e. The second-order valence-corrected chi connectivity index (χ2v) is 12.0. The van der Waals surface area contributed by atoms with Gasteiger partial charge in [-0.3, -0.25) is 9.20 Å². The van der Waals surface area contributed by atoms with Crippen molar-refractivity contribution in [2.75, 3.05) is 31.3 Å². The van der Waals surface area contributed by atoms with Crippen LogP contribution in [0.5, 0.6) is 5.75 Å². The van der Waals surface area contributed by atoms with Crippen molar-refractivity contribution >= 4 is 49.9 Å². The Balaban J connectivity index is 1.27. The third kappa shape index (κ3) is 5.29. The smallest absolute Gasteiger partial charge is 0.243 e. The van der Waals surface area contributed by atoms with Crippen LogP contribution in [-0.4, -0.2) is 59.2 Å². The molecule has 9 nitrogen and oxygen atoms in total. The summed E-state index contributed by atoms with van der Waals surface area (Å²) in [6.07, 6.45) is 3.89. The molecular weight excluding hydrogens is 510 g/mol. The van der Waals surface area contributed by atoms with E-state index in [2.05, 4.69) is 15.5 Å². The van der Waals surface area contributed by atoms with Gasteiger partial charge in [0, 0.05) is 24.2 Å². The van der Waals surface area contributed by atoms with Gasteiger partial charge in [0.1, 0.15) is 5.75 Å². The number of nitrogens with one attached hydrogen (secondary N) is 1. The zero-order chi connectivity index (χ0) is 26.0. The van der Waals surface area contributed by atoms with E-state index in [4.69, 9.17) is 4.74 Å². The average molecular weight is 540 g/mol. The number of amides is 1. The Labute approximate surface area is 220 Å². The van der Waals surface area contributed by atoms with Crippen LogP contribution in [0.3, 0.4) is 0 Å². The zero-order valence-electron chi connectivity index (χ0n) is 20.8. The quantitative estimate of drug-likeness (QED) is 0.345. The van der Waals surface area contributed by atoms with Crippen LogP contribution >= 0.6 is 11.8 Å². The summed E-state index contributed by atoms with van der Waals surface area (Å²) in [5.41, 5.74) is 3.18. The first-order chi connectivity index (χ1) is 17.9. The molecule has 0 spiro atoms. The fourth-order valence-corrected chi connectivity index (χ4v) is 6.84. The van der Waals surface area contributed by atoms with E-state index >= 15 is 0 Å². The van der Waals surface area contributed by atoms with E-state index in [1.54, 1.807) is 35.7 Å². The Morgan fingerprint density at radius 3 is 2.46 bits per heavy atom. The Morgan fingerprint density at radius 1 is 1.03 bits per heavy atom. The lowest BCUT2D eigenvalue weighted by Crippen LogP contribution is -2.31. The second kappa shape index (κ2) is 10.7. The van der Waals surface area contributed by atoms with Gasteiger partial charge >= 0.3 is 0 Å². The fourth-order valence-electron chi connectivity index (χ4n) is 4.58. The number of hydrogen-bond acceptors (Lipinski definition) is 7. The lowest BCUT2D eigenvalue weighted by molar-refractivity contribution is -0.113. The number of nitrogens with zero attached hydrogens (tertiary/aromatic N) is 4. The van der Waals surface area contributed by atoms with Crippen LogP contribution in [0.2, 0.25) is 0 Å². The molecule has 4 aromatic rings. The Bertz CT molecular complexity index is 1540. The summed E-state index contributed by atoms with van der Waals surface area (Å²) in [5.74, 6) is 0.668. The van der Waals surface area contributed by atoms with Crippen molar-refractivity contribution in [3.8, 4) is 5.75 Å². The highest BCUT2D eigenvalue weighted by molar-refractivity contribution is 7.99. The monoisotopic (exact) mass is 539 g/mol. The summed E-state index contributed by atoms with van der Waals surface area (Å²) in [5, 5.41) is 13.1. The Hall–Kier alpha value is -3.15. The Kier molecular flexibility index (Phi) is 7.36. The van der Waals surface area contributed by atoms with Crippen LogP contribution in [0.4, 0.5) is 5.69 Å². The number of rotatable bonds is 7. The number of sulfonamides is 1. The van der Waals surface area contributed by atoms with Gasteiger partial charge in [-0.1, -0.05) is 24.6 Å². The van der Waals surface area contributed by atoms with Crippen LogP contribution in [0, 0.1) is 6.92 Å². The molecule has 11 heteroatoms. The molecular formula is C26H29N5O4S2. The molecule has 37 heavy (non-hydrogen) atoms. The van der Waals surface area contributed by atoms with Crippen molar-refractivity contribution in [2.45, 2.75) is 42.7 Å². The summed E-state index contributed by atoms with van der Waals surface area (Å²) in [6, 6.07) is 14.2. The first-order valence-electron chi connectivity index (χ1n) is 12.2. The van der Waals surface area contributed by atoms with Crippen molar-refractivity contribution in [1.29, 1.82) is 0 Å². The molecule has 1 fully saturated rings. The van der Waals surface area contributed by atoms with Gasteiger partial charge in [0.05, 0.1) is 23.3 Å². The van der Waals surface area contributed by atoms with Gasteiger partial charge in [-0.15, -0.1) is 10.2 Å². The number of carbonyl (C=O) groups excluding carboxylic acids is 1. The molecule has 1 amide bonds. The van der Waals surface area contributed by atoms with E-state index in [9.17, 15) is 13.2 Å². The number of methoxy groups -OCH3 is 1. The van der Waals surface area contributed by atoms with Crippen molar-refractivity contribution < 1.29 is 17.9 Å². The fraction of sp³-hybridized carbons (Fsp3) is 0.346. The number of benzene rings is 2. The van der Waals surface area contributed by atoms with Gasteiger partial charge < -0.3 is 10.1 Å². The van der Waals surface area contributed by atoms with Gasteiger partial charge in [0.25, 0.3) is 0 Å². The summed E-state index contributed by atoms with van der Waals surface area (Å²) in [4.78, 5) is 12.9. The van der Waals surface area contributed by atoms with E-state index < -0.39 is 10.0 Å². The molecule has 0 unspecified atom stereocenters. The maximum absolute atomic E-state index is 13.0. The van der Waals surface area contributed by atoms with Gasteiger partial charge in [-0.25, -0.2) is 8.42 Å². The minimum Gasteiger partial charge on any atom is -0.497 e. The van der Waals surface area contributed by atoms with Gasteiger partial charge in [0.2, 0.25) is 15.9 Å². The summed E-state index contributed by atoms with van der Waals surface area (Å²) in [7, 11) is -1.89. The first-order valence-corrected chi connectivity index (χ1v) is 14.6. The summed E-state index contributed by atoms with van der Waals surface area (Å²) < 4.78 is 34.8. The van der Waals surface area contributed by atoms with E-state index in [1.165, 1.54) is 11.8 Å². The average Bonchev–Trinajstić information content (AvgIpc) is 3.12. The third-order valence-electron chi connectivity index (χ3n) is 6.51. The maximum atomic E-state index is 13.0. The van der Waals surface area contributed by atoms with E-state index in [0.717, 1.165) is 53.5 Å². The van der Waals surface area contributed by atoms with E-state index in [1.807, 2.05) is 35.6 Å². The van der Waals surface area contributed by atoms with Crippen LogP contribution in [0.1, 0.15) is 31.2 Å². The third-order valence-corrected chi connectivity index (χ3v) is 9.35. The molecule has 5 rings (SSSR count). The number of aromatic nitrogens is 3. The second-order valence-electron chi connectivity index (χ2n) is 9.07. The van der Waals surface area contributed by atoms with Gasteiger partial charge in [-0.2, -0.15) is 4.31 Å². The predicted molar refractivity (Wildman–Crippen MR) is 145 cm³/mol. The number of ether oxygens (including phenoxy) is 1. The normalized spacial score (nSPS) is 15.1. The number of fused-ring (bicyclic) bond motifs is 3. The van der Waals surface area contributed by atoms with Crippen molar-refractivity contribution in [3.63, 3.8) is 0 Å². The van der Waals surface area contributed by atoms with Gasteiger partial charge in [0.15, 0.2) is 10.8 Å². The zero-order valence-corrected chi connectivity index (χ0v) is 22.4. The number of thioether (sulfide) groups is 1. The minimum absolute atomic E-state index is 0.125. The molecule has 0 aliphatic carbocycles. The first kappa shape index (κ1) is 25.5. The molecule has 1 aliphatic heterocycles. The maximum Gasteiger partial charge on any atom is 0.243 e. The standard InChI is InChI=1S/C26H29N5O4S2/c1-18-15-19-16-21(35-2)9-12-23(19)31-25(18)28-29-26(31)36-17-24(32)27-20-7-10-22(11-8-20)37(33,34)30-13-5-3-4-6-14-30/h7-12,15-16H,3-6,13-14,17H2,1-2H3,(H,27,32). The molecule has 0 atom stereocenters. The molecule has 0 radical (unpaired) electrons. The predicted octanol–water partition coefficient (Wildman–Crippen LogP) is 4.50. The number of anilines is 1. The van der Waals surface area contributed by atoms with Crippen LogP contribution in [0.25, 0.3) is 16.6 Å². The lowest BCUT2D eigenvalue weighted by Gasteiger charge is -2.20.